The average Bonchev–Trinajstić information content (AvgIpc) is 2.61. The van der Waals surface area contributed by atoms with Crippen molar-refractivity contribution in [2.24, 2.45) is 5.16 Å². The van der Waals surface area contributed by atoms with Crippen LogP contribution in [0.15, 0.2) is 52.1 Å². The quantitative estimate of drug-likeness (QED) is 0.492. The van der Waals surface area contributed by atoms with Crippen LogP contribution in [0.5, 0.6) is 0 Å². The molecule has 0 spiro atoms. The monoisotopic (exact) mass is 273 g/mol. The van der Waals surface area contributed by atoms with E-state index in [0.29, 0.717) is 5.71 Å². The molecule has 1 N–H and O–H groups in total. The molecule has 0 heterocycles. The third-order valence-electron chi connectivity index (χ3n) is 2.81. The van der Waals surface area contributed by atoms with Crippen molar-refractivity contribution in [3.63, 3.8) is 0 Å². The Morgan fingerprint density at radius 1 is 0.875 bits per heavy atom. The highest BCUT2D eigenvalue weighted by atomic mass is 79.9. The van der Waals surface area contributed by atoms with E-state index >= 15 is 0 Å². The summed E-state index contributed by atoms with van der Waals surface area (Å²) in [5.41, 5.74) is 4.84. The zero-order valence-corrected chi connectivity index (χ0v) is 9.90. The van der Waals surface area contributed by atoms with Crippen LogP contribution < -0.4 is 0 Å². The van der Waals surface area contributed by atoms with Gasteiger partial charge in [0.2, 0.25) is 0 Å². The Morgan fingerprint density at radius 2 is 1.56 bits per heavy atom. The van der Waals surface area contributed by atoms with Crippen molar-refractivity contribution in [1.29, 1.82) is 0 Å². The van der Waals surface area contributed by atoms with Gasteiger partial charge in [-0.15, -0.1) is 0 Å². The average molecular weight is 274 g/mol. The molecule has 0 saturated carbocycles. The summed E-state index contributed by atoms with van der Waals surface area (Å²) in [6, 6.07) is 14.0. The molecule has 0 aromatic heterocycles. The van der Waals surface area contributed by atoms with Crippen LogP contribution in [-0.4, -0.2) is 10.9 Å². The number of hydrogen-bond donors (Lipinski definition) is 1. The normalized spacial score (nSPS) is 14.9. The lowest BCUT2D eigenvalue weighted by Gasteiger charge is -1.99. The number of hydrogen-bond acceptors (Lipinski definition) is 2. The van der Waals surface area contributed by atoms with Crippen molar-refractivity contribution in [3.05, 3.63) is 58.1 Å². The molecule has 0 radical (unpaired) electrons. The van der Waals surface area contributed by atoms with Crippen molar-refractivity contribution in [1.82, 2.24) is 0 Å². The van der Waals surface area contributed by atoms with Gasteiger partial charge in [-0.2, -0.15) is 0 Å². The van der Waals surface area contributed by atoms with E-state index in [4.69, 9.17) is 5.21 Å². The third-order valence-corrected chi connectivity index (χ3v) is 3.30. The molecule has 2 nitrogen and oxygen atoms in total. The van der Waals surface area contributed by atoms with E-state index in [2.05, 4.69) is 21.1 Å². The summed E-state index contributed by atoms with van der Waals surface area (Å²) in [6.45, 7) is 0. The smallest absolute Gasteiger partial charge is 0.118 e. The third kappa shape index (κ3) is 1.21. The van der Waals surface area contributed by atoms with Crippen LogP contribution >= 0.6 is 15.9 Å². The van der Waals surface area contributed by atoms with Gasteiger partial charge in [-0.1, -0.05) is 51.4 Å². The summed E-state index contributed by atoms with van der Waals surface area (Å²) in [4.78, 5) is 0. The van der Waals surface area contributed by atoms with Crippen LogP contribution in [0.2, 0.25) is 0 Å². The minimum Gasteiger partial charge on any atom is -0.410 e. The molecule has 0 fully saturated rings. The first kappa shape index (κ1) is 9.60. The van der Waals surface area contributed by atoms with Gasteiger partial charge in [0.05, 0.1) is 0 Å². The summed E-state index contributed by atoms with van der Waals surface area (Å²) in [5.74, 6) is 0. The van der Waals surface area contributed by atoms with E-state index in [-0.39, 0.29) is 0 Å². The Bertz CT molecular complexity index is 605. The topological polar surface area (TPSA) is 32.6 Å². The van der Waals surface area contributed by atoms with Gasteiger partial charge >= 0.3 is 0 Å². The molecule has 3 rings (SSSR count). The second kappa shape index (κ2) is 3.46. The van der Waals surface area contributed by atoms with Gasteiger partial charge in [0.15, 0.2) is 0 Å². The zero-order valence-electron chi connectivity index (χ0n) is 8.31. The van der Waals surface area contributed by atoms with Crippen LogP contribution in [0.3, 0.4) is 0 Å². The van der Waals surface area contributed by atoms with Crippen LogP contribution in [-0.2, 0) is 0 Å². The van der Waals surface area contributed by atoms with Crippen LogP contribution in [0.25, 0.3) is 11.1 Å². The van der Waals surface area contributed by atoms with Crippen LogP contribution in [0.1, 0.15) is 11.1 Å². The predicted octanol–water partition coefficient (Wildman–Crippen LogP) is 3.66. The van der Waals surface area contributed by atoms with Gasteiger partial charge < -0.3 is 5.21 Å². The molecule has 3 heteroatoms. The number of benzene rings is 2. The molecule has 2 aromatic rings. The van der Waals surface area contributed by atoms with E-state index < -0.39 is 0 Å². The molecule has 0 bridgehead atoms. The van der Waals surface area contributed by atoms with Gasteiger partial charge in [-0.25, -0.2) is 0 Å². The van der Waals surface area contributed by atoms with Crippen molar-refractivity contribution >= 4 is 21.6 Å². The van der Waals surface area contributed by atoms with E-state index in [1.54, 1.807) is 0 Å². The Labute approximate surface area is 101 Å². The fraction of sp³-hybridized carbons (Fsp3) is 0. The predicted molar refractivity (Wildman–Crippen MR) is 67.0 cm³/mol. The largest absolute Gasteiger partial charge is 0.410 e. The first-order valence-corrected chi connectivity index (χ1v) is 5.72. The molecule has 16 heavy (non-hydrogen) atoms. The maximum atomic E-state index is 9.12. The summed E-state index contributed by atoms with van der Waals surface area (Å²) < 4.78 is 0.986. The molecular weight excluding hydrogens is 266 g/mol. The first-order valence-electron chi connectivity index (χ1n) is 4.93. The molecule has 1 aliphatic rings. The zero-order chi connectivity index (χ0) is 11.1. The molecule has 0 amide bonds. The molecule has 1 aliphatic carbocycles. The minimum atomic E-state index is 0.645. The molecule has 0 saturated heterocycles. The Balaban J connectivity index is 2.39. The van der Waals surface area contributed by atoms with Crippen molar-refractivity contribution in [2.75, 3.05) is 0 Å². The van der Waals surface area contributed by atoms with Gasteiger partial charge in [0.1, 0.15) is 5.71 Å². The highest BCUT2D eigenvalue weighted by Crippen LogP contribution is 2.37. The van der Waals surface area contributed by atoms with Gasteiger partial charge in [-0.05, 0) is 23.3 Å². The Kier molecular flexibility index (Phi) is 2.07. The molecule has 78 valence electrons. The molecule has 0 aliphatic heterocycles. The molecule has 2 aromatic carbocycles. The van der Waals surface area contributed by atoms with Crippen molar-refractivity contribution in [3.8, 4) is 11.1 Å². The lowest BCUT2D eigenvalue weighted by molar-refractivity contribution is 0.320. The SMILES string of the molecule is O/N=C1/c2ccccc2-c2ccc(Br)cc21. The van der Waals surface area contributed by atoms with Crippen LogP contribution in [0.4, 0.5) is 0 Å². The summed E-state index contributed by atoms with van der Waals surface area (Å²) >= 11 is 3.43. The maximum absolute atomic E-state index is 9.12. The van der Waals surface area contributed by atoms with E-state index in [1.165, 1.54) is 0 Å². The number of fused-ring (bicyclic) bond motifs is 3. The standard InChI is InChI=1S/C13H8BrNO/c14-8-5-6-10-9-3-1-2-4-11(9)13(15-16)12(10)7-8/h1-7,16H/b15-13-. The highest BCUT2D eigenvalue weighted by Gasteiger charge is 2.24. The number of rotatable bonds is 0. The second-order valence-electron chi connectivity index (χ2n) is 3.68. The molecular formula is C13H8BrNO. The van der Waals surface area contributed by atoms with Gasteiger partial charge in [-0.3, -0.25) is 0 Å². The van der Waals surface area contributed by atoms with Crippen molar-refractivity contribution in [2.45, 2.75) is 0 Å². The lowest BCUT2D eigenvalue weighted by atomic mass is 10.1. The van der Waals surface area contributed by atoms with E-state index in [0.717, 1.165) is 26.7 Å². The second-order valence-corrected chi connectivity index (χ2v) is 4.60. The first-order chi connectivity index (χ1) is 7.81. The number of oxime groups is 1. The summed E-state index contributed by atoms with van der Waals surface area (Å²) in [5, 5.41) is 12.5. The van der Waals surface area contributed by atoms with Crippen LogP contribution in [0, 0.1) is 0 Å². The van der Waals surface area contributed by atoms with Gasteiger partial charge in [0, 0.05) is 15.6 Å². The lowest BCUT2D eigenvalue weighted by Crippen LogP contribution is -1.97. The maximum Gasteiger partial charge on any atom is 0.118 e. The number of nitrogens with zero attached hydrogens (tertiary/aromatic N) is 1. The number of halogens is 1. The fourth-order valence-corrected chi connectivity index (χ4v) is 2.49. The highest BCUT2D eigenvalue weighted by molar-refractivity contribution is 9.10. The van der Waals surface area contributed by atoms with Crippen molar-refractivity contribution < 1.29 is 5.21 Å². The minimum absolute atomic E-state index is 0.645. The summed E-state index contributed by atoms with van der Waals surface area (Å²) in [6.07, 6.45) is 0. The Morgan fingerprint density at radius 3 is 2.31 bits per heavy atom. The van der Waals surface area contributed by atoms with E-state index in [9.17, 15) is 0 Å². The summed E-state index contributed by atoms with van der Waals surface area (Å²) in [7, 11) is 0. The van der Waals surface area contributed by atoms with E-state index in [1.807, 2.05) is 42.5 Å². The fourth-order valence-electron chi connectivity index (χ4n) is 2.12. The molecule has 0 atom stereocenters. The van der Waals surface area contributed by atoms with Gasteiger partial charge in [0.25, 0.3) is 0 Å². The Hall–Kier alpha value is -1.61. The molecule has 0 unspecified atom stereocenters.